The van der Waals surface area contributed by atoms with Crippen molar-refractivity contribution in [2.75, 3.05) is 26.2 Å². The molecular formula is C11H22N2O3. The van der Waals surface area contributed by atoms with E-state index in [0.29, 0.717) is 13.1 Å². The Labute approximate surface area is 96.8 Å². The Morgan fingerprint density at radius 2 is 2.25 bits per heavy atom. The van der Waals surface area contributed by atoms with Gasteiger partial charge in [-0.15, -0.1) is 0 Å². The van der Waals surface area contributed by atoms with E-state index in [2.05, 4.69) is 5.32 Å². The summed E-state index contributed by atoms with van der Waals surface area (Å²) in [5.74, 6) is 0. The largest absolute Gasteiger partial charge is 0.444 e. The first-order chi connectivity index (χ1) is 7.42. The fraction of sp³-hybridized carbons (Fsp3) is 0.909. The van der Waals surface area contributed by atoms with Crippen LogP contribution < -0.4 is 5.32 Å². The van der Waals surface area contributed by atoms with E-state index in [4.69, 9.17) is 9.84 Å². The average Bonchev–Trinajstić information content (AvgIpc) is 2.39. The highest BCUT2D eigenvalue weighted by molar-refractivity contribution is 5.68. The van der Waals surface area contributed by atoms with Crippen molar-refractivity contribution >= 4 is 6.09 Å². The van der Waals surface area contributed by atoms with Gasteiger partial charge in [-0.3, -0.25) is 0 Å². The highest BCUT2D eigenvalue weighted by atomic mass is 16.6. The number of rotatable bonds is 1. The number of nitrogens with one attached hydrogen (secondary N) is 1. The first-order valence-corrected chi connectivity index (χ1v) is 5.74. The lowest BCUT2D eigenvalue weighted by Crippen LogP contribution is -2.44. The Balaban J connectivity index is 2.53. The molecule has 0 aromatic rings. The van der Waals surface area contributed by atoms with E-state index in [9.17, 15) is 4.79 Å². The molecule has 0 saturated carbocycles. The Hall–Kier alpha value is -0.810. The van der Waals surface area contributed by atoms with Crippen LogP contribution >= 0.6 is 0 Å². The van der Waals surface area contributed by atoms with Crippen LogP contribution in [0.1, 0.15) is 27.2 Å². The van der Waals surface area contributed by atoms with Crippen LogP contribution in [0.4, 0.5) is 4.79 Å². The van der Waals surface area contributed by atoms with E-state index in [0.717, 1.165) is 13.0 Å². The van der Waals surface area contributed by atoms with E-state index in [-0.39, 0.29) is 18.7 Å². The lowest BCUT2D eigenvalue weighted by atomic mass is 10.2. The Morgan fingerprint density at radius 3 is 2.81 bits per heavy atom. The maximum atomic E-state index is 11.8. The van der Waals surface area contributed by atoms with E-state index in [1.165, 1.54) is 0 Å². The molecule has 0 aliphatic carbocycles. The van der Waals surface area contributed by atoms with E-state index >= 15 is 0 Å². The Morgan fingerprint density at radius 1 is 1.56 bits per heavy atom. The summed E-state index contributed by atoms with van der Waals surface area (Å²) in [5, 5.41) is 12.3. The minimum atomic E-state index is -0.467. The van der Waals surface area contributed by atoms with Crippen molar-refractivity contribution in [3.63, 3.8) is 0 Å². The highest BCUT2D eigenvalue weighted by Crippen LogP contribution is 2.11. The molecular weight excluding hydrogens is 208 g/mol. The second-order valence-corrected chi connectivity index (χ2v) is 5.11. The van der Waals surface area contributed by atoms with Crippen molar-refractivity contribution < 1.29 is 14.6 Å². The normalized spacial score (nSPS) is 22.8. The lowest BCUT2D eigenvalue weighted by molar-refractivity contribution is 0.0237. The number of hydrogen-bond acceptors (Lipinski definition) is 4. The van der Waals surface area contributed by atoms with Crippen LogP contribution in [0.3, 0.4) is 0 Å². The van der Waals surface area contributed by atoms with Crippen molar-refractivity contribution in [1.82, 2.24) is 10.2 Å². The molecule has 1 fully saturated rings. The summed E-state index contributed by atoms with van der Waals surface area (Å²) in [6, 6.07) is -0.0463. The number of aliphatic hydroxyl groups is 1. The number of amides is 1. The number of carbonyl (C=O) groups is 1. The fourth-order valence-corrected chi connectivity index (χ4v) is 1.61. The Bertz CT molecular complexity index is 238. The van der Waals surface area contributed by atoms with Crippen LogP contribution in [0.2, 0.25) is 0 Å². The van der Waals surface area contributed by atoms with Gasteiger partial charge in [0.25, 0.3) is 0 Å². The zero-order valence-corrected chi connectivity index (χ0v) is 10.3. The summed E-state index contributed by atoms with van der Waals surface area (Å²) in [4.78, 5) is 13.5. The SMILES string of the molecule is CC(C)(C)OC(=O)N1CCCN[C@@H](CO)C1. The van der Waals surface area contributed by atoms with E-state index in [1.807, 2.05) is 20.8 Å². The molecule has 1 heterocycles. The van der Waals surface area contributed by atoms with Gasteiger partial charge in [-0.05, 0) is 33.7 Å². The summed E-state index contributed by atoms with van der Waals surface area (Å²) in [7, 11) is 0. The fourth-order valence-electron chi connectivity index (χ4n) is 1.61. The topological polar surface area (TPSA) is 61.8 Å². The lowest BCUT2D eigenvalue weighted by Gasteiger charge is -2.27. The molecule has 0 aromatic carbocycles. The molecule has 5 nitrogen and oxygen atoms in total. The number of carbonyl (C=O) groups excluding carboxylic acids is 1. The third-order valence-corrected chi connectivity index (χ3v) is 2.35. The first-order valence-electron chi connectivity index (χ1n) is 5.74. The van der Waals surface area contributed by atoms with Gasteiger partial charge in [0.05, 0.1) is 6.61 Å². The smallest absolute Gasteiger partial charge is 0.410 e. The second-order valence-electron chi connectivity index (χ2n) is 5.11. The first kappa shape index (κ1) is 13.3. The summed E-state index contributed by atoms with van der Waals surface area (Å²) in [6.07, 6.45) is 0.588. The van der Waals surface area contributed by atoms with Gasteiger partial charge in [0.2, 0.25) is 0 Å². The van der Waals surface area contributed by atoms with Crippen molar-refractivity contribution in [2.45, 2.75) is 38.8 Å². The zero-order chi connectivity index (χ0) is 12.2. The molecule has 0 bridgehead atoms. The number of ether oxygens (including phenoxy) is 1. The van der Waals surface area contributed by atoms with Gasteiger partial charge in [0.15, 0.2) is 0 Å². The summed E-state index contributed by atoms with van der Waals surface area (Å²) >= 11 is 0. The molecule has 2 N–H and O–H groups in total. The van der Waals surface area contributed by atoms with Crippen molar-refractivity contribution in [1.29, 1.82) is 0 Å². The highest BCUT2D eigenvalue weighted by Gasteiger charge is 2.25. The third-order valence-electron chi connectivity index (χ3n) is 2.35. The predicted octanol–water partition coefficient (Wildman–Crippen LogP) is 0.578. The van der Waals surface area contributed by atoms with Crippen molar-refractivity contribution in [3.05, 3.63) is 0 Å². The van der Waals surface area contributed by atoms with Crippen LogP contribution in [0.15, 0.2) is 0 Å². The van der Waals surface area contributed by atoms with Gasteiger partial charge < -0.3 is 20.1 Å². The zero-order valence-electron chi connectivity index (χ0n) is 10.3. The molecule has 1 atom stereocenters. The predicted molar refractivity (Wildman–Crippen MR) is 61.3 cm³/mol. The standard InChI is InChI=1S/C11H22N2O3/c1-11(2,3)16-10(15)13-6-4-5-12-9(7-13)8-14/h9,12,14H,4-8H2,1-3H3/t9-/m1/s1. The van der Waals surface area contributed by atoms with Gasteiger partial charge in [-0.25, -0.2) is 4.79 Å². The van der Waals surface area contributed by atoms with Gasteiger partial charge in [0, 0.05) is 19.1 Å². The summed E-state index contributed by atoms with van der Waals surface area (Å²) in [5.41, 5.74) is -0.467. The number of aliphatic hydroxyl groups excluding tert-OH is 1. The molecule has 1 aliphatic heterocycles. The molecule has 0 aromatic heterocycles. The monoisotopic (exact) mass is 230 g/mol. The third kappa shape index (κ3) is 4.37. The Kier molecular flexibility index (Phi) is 4.56. The molecule has 5 heteroatoms. The maximum Gasteiger partial charge on any atom is 0.410 e. The molecule has 0 unspecified atom stereocenters. The van der Waals surface area contributed by atoms with E-state index in [1.54, 1.807) is 4.90 Å². The molecule has 16 heavy (non-hydrogen) atoms. The van der Waals surface area contributed by atoms with Crippen LogP contribution in [0.5, 0.6) is 0 Å². The van der Waals surface area contributed by atoms with Crippen molar-refractivity contribution in [2.24, 2.45) is 0 Å². The maximum absolute atomic E-state index is 11.8. The number of nitrogens with zero attached hydrogens (tertiary/aromatic N) is 1. The van der Waals surface area contributed by atoms with Gasteiger partial charge in [-0.1, -0.05) is 0 Å². The molecule has 1 rings (SSSR count). The summed E-state index contributed by atoms with van der Waals surface area (Å²) < 4.78 is 5.30. The van der Waals surface area contributed by atoms with Gasteiger partial charge >= 0.3 is 6.09 Å². The molecule has 94 valence electrons. The molecule has 1 aliphatic rings. The van der Waals surface area contributed by atoms with Crippen LogP contribution in [-0.4, -0.2) is 54.0 Å². The van der Waals surface area contributed by atoms with Crippen molar-refractivity contribution in [3.8, 4) is 0 Å². The molecule has 1 saturated heterocycles. The van der Waals surface area contributed by atoms with Gasteiger partial charge in [0.1, 0.15) is 5.60 Å². The minimum Gasteiger partial charge on any atom is -0.444 e. The van der Waals surface area contributed by atoms with Crippen LogP contribution in [0, 0.1) is 0 Å². The number of hydrogen-bond donors (Lipinski definition) is 2. The molecule has 0 spiro atoms. The van der Waals surface area contributed by atoms with Gasteiger partial charge in [-0.2, -0.15) is 0 Å². The quantitative estimate of drug-likeness (QED) is 0.691. The van der Waals surface area contributed by atoms with Crippen LogP contribution in [0.25, 0.3) is 0 Å². The summed E-state index contributed by atoms with van der Waals surface area (Å²) in [6.45, 7) is 7.60. The average molecular weight is 230 g/mol. The van der Waals surface area contributed by atoms with Crippen LogP contribution in [-0.2, 0) is 4.74 Å². The molecule has 0 radical (unpaired) electrons. The van der Waals surface area contributed by atoms with E-state index < -0.39 is 5.60 Å². The minimum absolute atomic E-state index is 0.0410. The second kappa shape index (κ2) is 5.50. The molecule has 1 amide bonds.